The number of fused-ring (bicyclic) bond motifs is 1. The number of pyridine rings is 3. The van der Waals surface area contributed by atoms with E-state index in [1.807, 2.05) is 18.2 Å². The Morgan fingerprint density at radius 3 is 2.50 bits per heavy atom. The van der Waals surface area contributed by atoms with Gasteiger partial charge < -0.3 is 4.98 Å². The van der Waals surface area contributed by atoms with Gasteiger partial charge in [-0.05, 0) is 24.3 Å². The van der Waals surface area contributed by atoms with E-state index in [0.29, 0.717) is 39.5 Å². The molecular weight excluding hydrogens is 357 g/mol. The third-order valence-corrected chi connectivity index (χ3v) is 4.28. The Kier molecular flexibility index (Phi) is 3.79. The molecule has 5 aromatic rings. The van der Waals surface area contributed by atoms with Crippen LogP contribution in [0.2, 0.25) is 0 Å². The van der Waals surface area contributed by atoms with E-state index in [9.17, 15) is 4.39 Å². The molecule has 0 bridgehead atoms. The summed E-state index contributed by atoms with van der Waals surface area (Å²) in [4.78, 5) is 28.7. The van der Waals surface area contributed by atoms with Crippen molar-refractivity contribution in [3.05, 3.63) is 73.5 Å². The summed E-state index contributed by atoms with van der Waals surface area (Å²) in [6.07, 6.45) is 10.9. The lowest BCUT2D eigenvalue weighted by molar-refractivity contribution is 0.625. The van der Waals surface area contributed by atoms with E-state index in [2.05, 4.69) is 29.9 Å². The van der Waals surface area contributed by atoms with E-state index in [4.69, 9.17) is 4.98 Å². The van der Waals surface area contributed by atoms with E-state index in [0.717, 1.165) is 5.56 Å². The number of aromatic amines is 1. The lowest BCUT2D eigenvalue weighted by Gasteiger charge is -2.09. The molecule has 5 heterocycles. The van der Waals surface area contributed by atoms with Crippen LogP contribution in [0.3, 0.4) is 0 Å². The largest absolute Gasteiger partial charge is 0.335 e. The second-order valence-corrected chi connectivity index (χ2v) is 6.03. The highest BCUT2D eigenvalue weighted by atomic mass is 19.1. The van der Waals surface area contributed by atoms with Crippen LogP contribution in [0.15, 0.2) is 67.6 Å². The molecule has 7 nitrogen and oxygen atoms in total. The fourth-order valence-electron chi connectivity index (χ4n) is 3.01. The second kappa shape index (κ2) is 6.58. The Morgan fingerprint density at radius 2 is 1.71 bits per heavy atom. The molecule has 28 heavy (non-hydrogen) atoms. The van der Waals surface area contributed by atoms with Crippen molar-refractivity contribution in [1.82, 2.24) is 34.9 Å². The highest BCUT2D eigenvalue weighted by molar-refractivity contribution is 5.89. The predicted octanol–water partition coefficient (Wildman–Crippen LogP) is 3.68. The molecule has 5 aromatic heterocycles. The standard InChI is InChI=1S/C20H12FN7/c21-15-10-23-5-3-13(15)14-8-16-19(27-18(14)12-2-1-4-22-9-12)28-20(26-16)17-11-24-6-7-25-17/h1-11H,(H,26,27,28). The van der Waals surface area contributed by atoms with Crippen LogP contribution in [0.25, 0.3) is 45.1 Å². The van der Waals surface area contributed by atoms with Gasteiger partial charge in [-0.3, -0.25) is 15.0 Å². The van der Waals surface area contributed by atoms with Crippen molar-refractivity contribution in [2.75, 3.05) is 0 Å². The highest BCUT2D eigenvalue weighted by Gasteiger charge is 2.17. The van der Waals surface area contributed by atoms with Gasteiger partial charge in [-0.25, -0.2) is 19.3 Å². The second-order valence-electron chi connectivity index (χ2n) is 6.03. The molecule has 134 valence electrons. The zero-order valence-corrected chi connectivity index (χ0v) is 14.4. The zero-order valence-electron chi connectivity index (χ0n) is 14.4. The number of aromatic nitrogens is 7. The van der Waals surface area contributed by atoms with Gasteiger partial charge in [-0.1, -0.05) is 0 Å². The van der Waals surface area contributed by atoms with Gasteiger partial charge in [0.25, 0.3) is 0 Å². The number of nitrogens with one attached hydrogen (secondary N) is 1. The summed E-state index contributed by atoms with van der Waals surface area (Å²) in [6.45, 7) is 0. The van der Waals surface area contributed by atoms with Gasteiger partial charge in [0.2, 0.25) is 0 Å². The third-order valence-electron chi connectivity index (χ3n) is 4.28. The van der Waals surface area contributed by atoms with Crippen molar-refractivity contribution >= 4 is 11.2 Å². The Labute approximate surface area is 158 Å². The van der Waals surface area contributed by atoms with Gasteiger partial charge in [0.15, 0.2) is 11.5 Å². The molecule has 0 aliphatic carbocycles. The monoisotopic (exact) mass is 369 g/mol. The molecule has 0 amide bonds. The Balaban J connectivity index is 1.78. The number of H-pyrrole nitrogens is 1. The van der Waals surface area contributed by atoms with Gasteiger partial charge >= 0.3 is 0 Å². The van der Waals surface area contributed by atoms with E-state index < -0.39 is 5.82 Å². The van der Waals surface area contributed by atoms with Crippen molar-refractivity contribution in [3.8, 4) is 33.9 Å². The van der Waals surface area contributed by atoms with E-state index in [1.165, 1.54) is 6.20 Å². The fraction of sp³-hybridized carbons (Fsp3) is 0. The third kappa shape index (κ3) is 2.77. The predicted molar refractivity (Wildman–Crippen MR) is 101 cm³/mol. The summed E-state index contributed by atoms with van der Waals surface area (Å²) in [5.74, 6) is 0.113. The van der Waals surface area contributed by atoms with Crippen LogP contribution in [0.5, 0.6) is 0 Å². The van der Waals surface area contributed by atoms with Crippen LogP contribution >= 0.6 is 0 Å². The molecule has 0 saturated carbocycles. The molecule has 0 fully saturated rings. The molecule has 0 aromatic carbocycles. The molecule has 0 unspecified atom stereocenters. The van der Waals surface area contributed by atoms with Gasteiger partial charge in [0, 0.05) is 47.7 Å². The minimum Gasteiger partial charge on any atom is -0.335 e. The summed E-state index contributed by atoms with van der Waals surface area (Å²) < 4.78 is 14.5. The Hall–Kier alpha value is -4.07. The minimum atomic E-state index is -0.428. The van der Waals surface area contributed by atoms with Gasteiger partial charge in [0.05, 0.1) is 23.6 Å². The van der Waals surface area contributed by atoms with Crippen molar-refractivity contribution in [2.45, 2.75) is 0 Å². The minimum absolute atomic E-state index is 0.402. The fourth-order valence-corrected chi connectivity index (χ4v) is 3.01. The van der Waals surface area contributed by atoms with Crippen molar-refractivity contribution < 1.29 is 4.39 Å². The van der Waals surface area contributed by atoms with Crippen LogP contribution in [-0.4, -0.2) is 34.9 Å². The Bertz CT molecular complexity index is 1270. The SMILES string of the molecule is Fc1cnccc1-c1cc2[nH]c(-c3cnccn3)nc2nc1-c1cccnc1. The maximum atomic E-state index is 14.5. The van der Waals surface area contributed by atoms with Gasteiger partial charge in [0.1, 0.15) is 11.5 Å². The maximum Gasteiger partial charge on any atom is 0.178 e. The number of imidazole rings is 1. The van der Waals surface area contributed by atoms with Crippen molar-refractivity contribution in [3.63, 3.8) is 0 Å². The highest BCUT2D eigenvalue weighted by Crippen LogP contribution is 2.34. The first kappa shape index (κ1) is 16.1. The molecule has 0 radical (unpaired) electrons. The molecule has 0 atom stereocenters. The van der Waals surface area contributed by atoms with Crippen LogP contribution in [0.1, 0.15) is 0 Å². The normalized spacial score (nSPS) is 11.0. The molecule has 0 saturated heterocycles. The quantitative estimate of drug-likeness (QED) is 0.521. The number of nitrogens with zero attached hydrogens (tertiary/aromatic N) is 6. The topological polar surface area (TPSA) is 93.1 Å². The van der Waals surface area contributed by atoms with E-state index in [-0.39, 0.29) is 0 Å². The van der Waals surface area contributed by atoms with Crippen LogP contribution in [0, 0.1) is 5.82 Å². The maximum absolute atomic E-state index is 14.5. The number of hydrogen-bond acceptors (Lipinski definition) is 6. The lowest BCUT2D eigenvalue weighted by atomic mass is 10.0. The first-order chi connectivity index (χ1) is 13.8. The van der Waals surface area contributed by atoms with Gasteiger partial charge in [-0.2, -0.15) is 0 Å². The van der Waals surface area contributed by atoms with Crippen LogP contribution in [-0.2, 0) is 0 Å². The molecule has 0 aliphatic rings. The number of halogens is 1. The van der Waals surface area contributed by atoms with Crippen molar-refractivity contribution in [2.24, 2.45) is 0 Å². The number of rotatable bonds is 3. The summed E-state index contributed by atoms with van der Waals surface area (Å²) in [7, 11) is 0. The van der Waals surface area contributed by atoms with Gasteiger partial charge in [-0.15, -0.1) is 0 Å². The Morgan fingerprint density at radius 1 is 0.821 bits per heavy atom. The number of hydrogen-bond donors (Lipinski definition) is 1. The van der Waals surface area contributed by atoms with Crippen LogP contribution < -0.4 is 0 Å². The first-order valence-corrected chi connectivity index (χ1v) is 8.47. The average Bonchev–Trinajstić information content (AvgIpc) is 3.18. The summed E-state index contributed by atoms with van der Waals surface area (Å²) in [5, 5.41) is 0. The molecule has 0 aliphatic heterocycles. The summed E-state index contributed by atoms with van der Waals surface area (Å²) in [5.41, 5.74) is 4.13. The summed E-state index contributed by atoms with van der Waals surface area (Å²) in [6, 6.07) is 7.14. The van der Waals surface area contributed by atoms with E-state index in [1.54, 1.807) is 43.2 Å². The smallest absolute Gasteiger partial charge is 0.178 e. The van der Waals surface area contributed by atoms with Crippen LogP contribution in [0.4, 0.5) is 4.39 Å². The molecule has 1 N–H and O–H groups in total. The lowest BCUT2D eigenvalue weighted by Crippen LogP contribution is -1.94. The first-order valence-electron chi connectivity index (χ1n) is 8.47. The average molecular weight is 369 g/mol. The van der Waals surface area contributed by atoms with E-state index >= 15 is 0 Å². The zero-order chi connectivity index (χ0) is 18.9. The molecular formula is C20H12FN7. The summed E-state index contributed by atoms with van der Waals surface area (Å²) >= 11 is 0. The molecule has 0 spiro atoms. The molecule has 8 heteroatoms. The van der Waals surface area contributed by atoms with Crippen molar-refractivity contribution in [1.29, 1.82) is 0 Å². The molecule has 5 rings (SSSR count).